The standard InChI is InChI=1S/C15H15NO2S/c17-9-12-4-3-7-16(12)15(18)8-11-10-19-14-6-2-1-5-13(11)14/h1-2,5-6,9-10,12H,3-4,7-8H2. The molecule has 0 spiro atoms. The van der Waals surface area contributed by atoms with Gasteiger partial charge < -0.3 is 9.69 Å². The van der Waals surface area contributed by atoms with Gasteiger partial charge in [0.2, 0.25) is 5.91 Å². The topological polar surface area (TPSA) is 37.4 Å². The second-order valence-corrected chi connectivity index (χ2v) is 5.78. The van der Waals surface area contributed by atoms with Crippen molar-refractivity contribution in [2.75, 3.05) is 6.54 Å². The van der Waals surface area contributed by atoms with Gasteiger partial charge in [-0.3, -0.25) is 4.79 Å². The first kappa shape index (κ1) is 12.4. The maximum absolute atomic E-state index is 12.3. The smallest absolute Gasteiger partial charge is 0.227 e. The molecule has 0 aliphatic carbocycles. The maximum atomic E-state index is 12.3. The van der Waals surface area contributed by atoms with E-state index in [1.54, 1.807) is 16.2 Å². The molecule has 1 fully saturated rings. The molecule has 19 heavy (non-hydrogen) atoms. The van der Waals surface area contributed by atoms with E-state index in [4.69, 9.17) is 0 Å². The van der Waals surface area contributed by atoms with Crippen molar-refractivity contribution in [1.29, 1.82) is 0 Å². The van der Waals surface area contributed by atoms with Crippen molar-refractivity contribution in [2.45, 2.75) is 25.3 Å². The highest BCUT2D eigenvalue weighted by atomic mass is 32.1. The van der Waals surface area contributed by atoms with E-state index in [9.17, 15) is 9.59 Å². The van der Waals surface area contributed by atoms with E-state index in [0.717, 1.165) is 30.1 Å². The van der Waals surface area contributed by atoms with Crippen LogP contribution in [-0.4, -0.2) is 29.7 Å². The lowest BCUT2D eigenvalue weighted by Gasteiger charge is -2.20. The third-order valence-electron chi connectivity index (χ3n) is 3.68. The Morgan fingerprint density at radius 3 is 3.11 bits per heavy atom. The highest BCUT2D eigenvalue weighted by Crippen LogP contribution is 2.27. The van der Waals surface area contributed by atoms with Crippen LogP contribution in [0.5, 0.6) is 0 Å². The number of carbonyl (C=O) groups is 2. The Morgan fingerprint density at radius 2 is 2.26 bits per heavy atom. The van der Waals surface area contributed by atoms with Gasteiger partial charge in [-0.25, -0.2) is 0 Å². The number of aldehydes is 1. The summed E-state index contributed by atoms with van der Waals surface area (Å²) >= 11 is 1.66. The summed E-state index contributed by atoms with van der Waals surface area (Å²) < 4.78 is 1.21. The molecule has 1 aromatic carbocycles. The monoisotopic (exact) mass is 273 g/mol. The molecule has 1 aliphatic rings. The molecule has 2 aromatic rings. The summed E-state index contributed by atoms with van der Waals surface area (Å²) in [5.74, 6) is 0.0677. The Bertz CT molecular complexity index is 619. The predicted octanol–water partition coefficient (Wildman–Crippen LogP) is 2.63. The molecular formula is C15H15NO2S. The van der Waals surface area contributed by atoms with Crippen LogP contribution in [0.3, 0.4) is 0 Å². The quantitative estimate of drug-likeness (QED) is 0.806. The number of hydrogen-bond acceptors (Lipinski definition) is 3. The zero-order valence-electron chi connectivity index (χ0n) is 10.5. The van der Waals surface area contributed by atoms with Crippen molar-refractivity contribution in [3.63, 3.8) is 0 Å². The lowest BCUT2D eigenvalue weighted by Crippen LogP contribution is -2.37. The Morgan fingerprint density at radius 1 is 1.42 bits per heavy atom. The number of benzene rings is 1. The minimum absolute atomic E-state index is 0.0677. The second-order valence-electron chi connectivity index (χ2n) is 4.87. The summed E-state index contributed by atoms with van der Waals surface area (Å²) in [6.45, 7) is 0.713. The minimum Gasteiger partial charge on any atom is -0.333 e. The molecule has 1 saturated heterocycles. The van der Waals surface area contributed by atoms with Gasteiger partial charge in [0.15, 0.2) is 0 Å². The van der Waals surface area contributed by atoms with Gasteiger partial charge in [-0.05, 0) is 35.2 Å². The molecular weight excluding hydrogens is 258 g/mol. The molecule has 98 valence electrons. The van der Waals surface area contributed by atoms with Gasteiger partial charge in [-0.2, -0.15) is 0 Å². The Labute approximate surface area is 115 Å². The van der Waals surface area contributed by atoms with Crippen LogP contribution in [0, 0.1) is 0 Å². The maximum Gasteiger partial charge on any atom is 0.227 e. The van der Waals surface area contributed by atoms with Gasteiger partial charge in [0.1, 0.15) is 6.29 Å². The molecule has 4 heteroatoms. The fourth-order valence-electron chi connectivity index (χ4n) is 2.68. The first-order valence-electron chi connectivity index (χ1n) is 6.49. The van der Waals surface area contributed by atoms with E-state index in [0.29, 0.717) is 13.0 Å². The highest BCUT2D eigenvalue weighted by Gasteiger charge is 2.28. The van der Waals surface area contributed by atoms with Crippen LogP contribution in [0.15, 0.2) is 29.6 Å². The van der Waals surface area contributed by atoms with Gasteiger partial charge in [0.25, 0.3) is 0 Å². The van der Waals surface area contributed by atoms with Crippen LogP contribution in [0.25, 0.3) is 10.1 Å². The van der Waals surface area contributed by atoms with E-state index in [1.165, 1.54) is 4.70 Å². The summed E-state index contributed by atoms with van der Waals surface area (Å²) in [4.78, 5) is 25.0. The number of fused-ring (bicyclic) bond motifs is 1. The minimum atomic E-state index is -0.211. The van der Waals surface area contributed by atoms with Crippen molar-refractivity contribution in [1.82, 2.24) is 4.90 Å². The molecule has 2 heterocycles. The zero-order valence-corrected chi connectivity index (χ0v) is 11.4. The summed E-state index contributed by atoms with van der Waals surface area (Å²) in [5.41, 5.74) is 1.07. The van der Waals surface area contributed by atoms with Crippen LogP contribution < -0.4 is 0 Å². The third kappa shape index (κ3) is 2.28. The molecule has 0 saturated carbocycles. The van der Waals surface area contributed by atoms with Gasteiger partial charge >= 0.3 is 0 Å². The average Bonchev–Trinajstić information content (AvgIpc) is 3.05. The molecule has 0 radical (unpaired) electrons. The fraction of sp³-hybridized carbons (Fsp3) is 0.333. The average molecular weight is 273 g/mol. The van der Waals surface area contributed by atoms with Gasteiger partial charge in [-0.1, -0.05) is 18.2 Å². The summed E-state index contributed by atoms with van der Waals surface area (Å²) in [7, 11) is 0. The largest absolute Gasteiger partial charge is 0.333 e. The SMILES string of the molecule is O=CC1CCCN1C(=O)Cc1csc2ccccc12. The van der Waals surface area contributed by atoms with Crippen molar-refractivity contribution in [3.05, 3.63) is 35.2 Å². The molecule has 1 aromatic heterocycles. The van der Waals surface area contributed by atoms with E-state index in [2.05, 4.69) is 17.5 Å². The predicted molar refractivity (Wildman–Crippen MR) is 76.3 cm³/mol. The Kier molecular flexibility index (Phi) is 3.34. The molecule has 3 rings (SSSR count). The molecule has 3 nitrogen and oxygen atoms in total. The third-order valence-corrected chi connectivity index (χ3v) is 4.69. The van der Waals surface area contributed by atoms with E-state index in [-0.39, 0.29) is 11.9 Å². The highest BCUT2D eigenvalue weighted by molar-refractivity contribution is 7.17. The van der Waals surface area contributed by atoms with Crippen molar-refractivity contribution in [2.24, 2.45) is 0 Å². The van der Waals surface area contributed by atoms with Crippen molar-refractivity contribution >= 4 is 33.6 Å². The Hall–Kier alpha value is -1.68. The summed E-state index contributed by atoms with van der Waals surface area (Å²) in [6.07, 6.45) is 3.03. The number of carbonyl (C=O) groups excluding carboxylic acids is 2. The molecule has 0 N–H and O–H groups in total. The molecule has 1 amide bonds. The molecule has 1 atom stereocenters. The number of amides is 1. The zero-order chi connectivity index (χ0) is 13.2. The Balaban J connectivity index is 1.81. The molecule has 0 bridgehead atoms. The number of hydrogen-bond donors (Lipinski definition) is 0. The van der Waals surface area contributed by atoms with Crippen LogP contribution in [0.2, 0.25) is 0 Å². The van der Waals surface area contributed by atoms with Crippen LogP contribution >= 0.6 is 11.3 Å². The lowest BCUT2D eigenvalue weighted by molar-refractivity contribution is -0.133. The van der Waals surface area contributed by atoms with Gasteiger partial charge in [0.05, 0.1) is 12.5 Å². The van der Waals surface area contributed by atoms with Crippen LogP contribution in [-0.2, 0) is 16.0 Å². The molecule has 1 unspecified atom stereocenters. The normalized spacial score (nSPS) is 18.9. The van der Waals surface area contributed by atoms with E-state index < -0.39 is 0 Å². The first-order chi connectivity index (χ1) is 9.29. The van der Waals surface area contributed by atoms with Crippen LogP contribution in [0.1, 0.15) is 18.4 Å². The number of rotatable bonds is 3. The summed E-state index contributed by atoms with van der Waals surface area (Å²) in [5, 5.41) is 3.21. The van der Waals surface area contributed by atoms with Gasteiger partial charge in [0, 0.05) is 11.2 Å². The van der Waals surface area contributed by atoms with E-state index >= 15 is 0 Å². The number of nitrogens with zero attached hydrogens (tertiary/aromatic N) is 1. The van der Waals surface area contributed by atoms with Crippen LogP contribution in [0.4, 0.5) is 0 Å². The van der Waals surface area contributed by atoms with Gasteiger partial charge in [-0.15, -0.1) is 11.3 Å². The number of thiophene rings is 1. The second kappa shape index (κ2) is 5.13. The molecule has 1 aliphatic heterocycles. The van der Waals surface area contributed by atoms with Crippen molar-refractivity contribution in [3.8, 4) is 0 Å². The first-order valence-corrected chi connectivity index (χ1v) is 7.37. The number of likely N-dealkylation sites (tertiary alicyclic amines) is 1. The summed E-state index contributed by atoms with van der Waals surface area (Å²) in [6, 6.07) is 7.91. The lowest BCUT2D eigenvalue weighted by atomic mass is 10.1. The van der Waals surface area contributed by atoms with E-state index in [1.807, 2.05) is 12.1 Å². The van der Waals surface area contributed by atoms with Crippen molar-refractivity contribution < 1.29 is 9.59 Å². The fourth-order valence-corrected chi connectivity index (χ4v) is 3.64.